The second kappa shape index (κ2) is 7.50. The summed E-state index contributed by atoms with van der Waals surface area (Å²) in [4.78, 5) is 19.2. The van der Waals surface area contributed by atoms with Crippen molar-refractivity contribution in [3.05, 3.63) is 60.7 Å². The van der Waals surface area contributed by atoms with E-state index in [-0.39, 0.29) is 0 Å². The van der Waals surface area contributed by atoms with Crippen LogP contribution < -0.4 is 16.8 Å². The quantitative estimate of drug-likeness (QED) is 0.728. The molecule has 0 bridgehead atoms. The van der Waals surface area contributed by atoms with E-state index >= 15 is 0 Å². The van der Waals surface area contributed by atoms with E-state index in [0.29, 0.717) is 0 Å². The molecule has 0 fully saturated rings. The summed E-state index contributed by atoms with van der Waals surface area (Å²) in [7, 11) is 0. The SMILES string of the molecule is NC(=O)NC(N)=O.c1ccc(-c2ccccc2)cc1. The van der Waals surface area contributed by atoms with Crippen molar-refractivity contribution < 1.29 is 9.59 Å². The molecule has 0 saturated carbocycles. The number of rotatable bonds is 1. The van der Waals surface area contributed by atoms with Crippen LogP contribution in [0.1, 0.15) is 0 Å². The molecular formula is C14H15N3O2. The lowest BCUT2D eigenvalue weighted by Gasteiger charge is -1.98. The van der Waals surface area contributed by atoms with E-state index in [9.17, 15) is 9.59 Å². The summed E-state index contributed by atoms with van der Waals surface area (Å²) < 4.78 is 0. The maximum Gasteiger partial charge on any atom is 0.320 e. The van der Waals surface area contributed by atoms with Gasteiger partial charge < -0.3 is 11.5 Å². The zero-order chi connectivity index (χ0) is 14.1. The Labute approximate surface area is 111 Å². The molecule has 2 aromatic rings. The average molecular weight is 257 g/mol. The van der Waals surface area contributed by atoms with E-state index in [2.05, 4.69) is 60.0 Å². The number of hydrogen-bond donors (Lipinski definition) is 3. The summed E-state index contributed by atoms with van der Waals surface area (Å²) in [6.07, 6.45) is 0. The monoisotopic (exact) mass is 257 g/mol. The first-order valence-electron chi connectivity index (χ1n) is 5.56. The molecule has 5 heteroatoms. The van der Waals surface area contributed by atoms with Crippen LogP contribution in [-0.2, 0) is 0 Å². The van der Waals surface area contributed by atoms with Crippen molar-refractivity contribution in [2.24, 2.45) is 11.5 Å². The predicted octanol–water partition coefficient (Wildman–Crippen LogP) is 2.09. The van der Waals surface area contributed by atoms with E-state index < -0.39 is 12.1 Å². The van der Waals surface area contributed by atoms with Crippen molar-refractivity contribution >= 4 is 12.1 Å². The summed E-state index contributed by atoms with van der Waals surface area (Å²) in [5.41, 5.74) is 11.4. The largest absolute Gasteiger partial charge is 0.351 e. The van der Waals surface area contributed by atoms with Gasteiger partial charge in [0, 0.05) is 0 Å². The number of urea groups is 2. The minimum Gasteiger partial charge on any atom is -0.351 e. The molecule has 0 aliphatic rings. The molecule has 4 amide bonds. The van der Waals surface area contributed by atoms with Crippen LogP contribution in [-0.4, -0.2) is 12.1 Å². The Kier molecular flexibility index (Phi) is 5.62. The van der Waals surface area contributed by atoms with Gasteiger partial charge in [0.1, 0.15) is 0 Å². The van der Waals surface area contributed by atoms with Gasteiger partial charge in [-0.2, -0.15) is 0 Å². The highest BCUT2D eigenvalue weighted by Gasteiger charge is 1.92. The van der Waals surface area contributed by atoms with Gasteiger partial charge in [-0.25, -0.2) is 9.59 Å². The number of hydrogen-bond acceptors (Lipinski definition) is 2. The highest BCUT2D eigenvalue weighted by Crippen LogP contribution is 2.17. The van der Waals surface area contributed by atoms with Crippen molar-refractivity contribution in [1.29, 1.82) is 0 Å². The van der Waals surface area contributed by atoms with Gasteiger partial charge in [0.2, 0.25) is 0 Å². The molecule has 0 saturated heterocycles. The Morgan fingerprint density at radius 3 is 1.21 bits per heavy atom. The van der Waals surface area contributed by atoms with E-state index in [0.717, 1.165) is 0 Å². The Bertz CT molecular complexity index is 477. The van der Waals surface area contributed by atoms with Crippen LogP contribution in [0.2, 0.25) is 0 Å². The lowest BCUT2D eigenvalue weighted by Crippen LogP contribution is -2.38. The summed E-state index contributed by atoms with van der Waals surface area (Å²) >= 11 is 0. The molecule has 2 rings (SSSR count). The summed E-state index contributed by atoms with van der Waals surface area (Å²) in [5.74, 6) is 0. The minimum atomic E-state index is -0.938. The molecule has 0 aliphatic heterocycles. The molecule has 98 valence electrons. The fourth-order valence-corrected chi connectivity index (χ4v) is 1.38. The number of amides is 4. The topological polar surface area (TPSA) is 98.2 Å². The Morgan fingerprint density at radius 1 is 0.684 bits per heavy atom. The van der Waals surface area contributed by atoms with Crippen LogP contribution in [0.3, 0.4) is 0 Å². The zero-order valence-electron chi connectivity index (χ0n) is 10.2. The molecule has 0 spiro atoms. The minimum absolute atomic E-state index is 0.937. The molecule has 5 nitrogen and oxygen atoms in total. The van der Waals surface area contributed by atoms with Gasteiger partial charge >= 0.3 is 12.1 Å². The highest BCUT2D eigenvalue weighted by molar-refractivity contribution is 5.91. The standard InChI is InChI=1S/C12H10.C2H5N3O2/c1-3-7-11(8-4-1)12-9-5-2-6-10-12;3-1(6)5-2(4)7/h1-10H;(H5,3,4,5,6,7). The molecule has 0 aliphatic carbocycles. The Morgan fingerprint density at radius 2 is 1.00 bits per heavy atom. The second-order valence-corrected chi connectivity index (χ2v) is 3.59. The van der Waals surface area contributed by atoms with Crippen molar-refractivity contribution in [2.45, 2.75) is 0 Å². The maximum absolute atomic E-state index is 9.62. The summed E-state index contributed by atoms with van der Waals surface area (Å²) in [6, 6.07) is 18.9. The molecule has 2 aromatic carbocycles. The maximum atomic E-state index is 9.62. The number of nitrogens with two attached hydrogens (primary N) is 2. The number of carbonyl (C=O) groups excluding carboxylic acids is 2. The molecule has 5 N–H and O–H groups in total. The number of primary amides is 2. The lowest BCUT2D eigenvalue weighted by molar-refractivity contribution is 0.236. The van der Waals surface area contributed by atoms with Crippen molar-refractivity contribution in [3.63, 3.8) is 0 Å². The fourth-order valence-electron chi connectivity index (χ4n) is 1.38. The van der Waals surface area contributed by atoms with Gasteiger partial charge in [0.25, 0.3) is 0 Å². The van der Waals surface area contributed by atoms with Crippen LogP contribution in [0.25, 0.3) is 11.1 Å². The van der Waals surface area contributed by atoms with Gasteiger partial charge in [-0.15, -0.1) is 0 Å². The number of carbonyl (C=O) groups is 2. The second-order valence-electron chi connectivity index (χ2n) is 3.59. The van der Waals surface area contributed by atoms with E-state index in [4.69, 9.17) is 0 Å². The van der Waals surface area contributed by atoms with Crippen LogP contribution in [0.4, 0.5) is 9.59 Å². The van der Waals surface area contributed by atoms with Crippen LogP contribution in [0, 0.1) is 0 Å². The van der Waals surface area contributed by atoms with E-state index in [1.165, 1.54) is 11.1 Å². The third kappa shape index (κ3) is 5.88. The molecule has 19 heavy (non-hydrogen) atoms. The highest BCUT2D eigenvalue weighted by atomic mass is 16.2. The van der Waals surface area contributed by atoms with Crippen molar-refractivity contribution in [2.75, 3.05) is 0 Å². The number of benzene rings is 2. The molecule has 0 atom stereocenters. The summed E-state index contributed by atoms with van der Waals surface area (Å²) in [5, 5.41) is 1.58. The van der Waals surface area contributed by atoms with Crippen molar-refractivity contribution in [1.82, 2.24) is 5.32 Å². The number of imide groups is 1. The first-order valence-corrected chi connectivity index (χ1v) is 5.56. The molecule has 0 radical (unpaired) electrons. The van der Waals surface area contributed by atoms with Crippen LogP contribution in [0.15, 0.2) is 60.7 Å². The van der Waals surface area contributed by atoms with Gasteiger partial charge in [0.15, 0.2) is 0 Å². The number of nitrogens with one attached hydrogen (secondary N) is 1. The molecule has 0 aromatic heterocycles. The third-order valence-corrected chi connectivity index (χ3v) is 2.13. The molecule has 0 heterocycles. The first kappa shape index (κ1) is 14.2. The normalized spacial score (nSPS) is 8.84. The fraction of sp³-hybridized carbons (Fsp3) is 0. The van der Waals surface area contributed by atoms with Crippen LogP contribution in [0.5, 0.6) is 0 Å². The average Bonchev–Trinajstić information content (AvgIpc) is 2.40. The smallest absolute Gasteiger partial charge is 0.320 e. The van der Waals surface area contributed by atoms with Gasteiger partial charge in [-0.3, -0.25) is 5.32 Å². The zero-order valence-corrected chi connectivity index (χ0v) is 10.2. The van der Waals surface area contributed by atoms with E-state index in [1.54, 1.807) is 5.32 Å². The molecule has 0 unspecified atom stereocenters. The lowest BCUT2D eigenvalue weighted by atomic mass is 10.1. The van der Waals surface area contributed by atoms with Gasteiger partial charge in [-0.05, 0) is 11.1 Å². The Hall–Kier alpha value is -2.82. The van der Waals surface area contributed by atoms with E-state index in [1.807, 2.05) is 12.1 Å². The van der Waals surface area contributed by atoms with Gasteiger partial charge in [0.05, 0.1) is 0 Å². The Balaban J connectivity index is 0.000000224. The first-order chi connectivity index (χ1) is 9.09. The third-order valence-electron chi connectivity index (χ3n) is 2.13. The molecular weight excluding hydrogens is 242 g/mol. The predicted molar refractivity (Wildman–Crippen MR) is 74.2 cm³/mol. The summed E-state index contributed by atoms with van der Waals surface area (Å²) in [6.45, 7) is 0. The van der Waals surface area contributed by atoms with Gasteiger partial charge in [-0.1, -0.05) is 60.7 Å². The van der Waals surface area contributed by atoms with Crippen LogP contribution >= 0.6 is 0 Å². The van der Waals surface area contributed by atoms with Crippen molar-refractivity contribution in [3.8, 4) is 11.1 Å².